The zero-order valence-corrected chi connectivity index (χ0v) is 34.3. The summed E-state index contributed by atoms with van der Waals surface area (Å²) in [4.78, 5) is 9.38. The molecule has 0 fully saturated rings. The second-order valence-electron chi connectivity index (χ2n) is 16.7. The normalized spacial score (nSPS) is 12.0. The summed E-state index contributed by atoms with van der Waals surface area (Å²) in [6, 6.07) is 70.1. The number of fused-ring (bicyclic) bond motifs is 6. The molecule has 0 amide bonds. The van der Waals surface area contributed by atoms with Gasteiger partial charge in [0.1, 0.15) is 18.0 Å². The van der Waals surface area contributed by atoms with Gasteiger partial charge in [0, 0.05) is 55.2 Å². The van der Waals surface area contributed by atoms with Gasteiger partial charge in [-0.2, -0.15) is 5.26 Å². The number of nitrogens with zero attached hydrogens (tertiary/aromatic N) is 5. The zero-order valence-electron chi connectivity index (χ0n) is 34.3. The van der Waals surface area contributed by atoms with Gasteiger partial charge in [-0.3, -0.25) is 0 Å². The molecule has 11 aromatic carbocycles. The first-order valence-corrected chi connectivity index (χ1v) is 21.6. The SMILES string of the molecule is N#Cc1c(-n2c3cccc4c5ccccc5c5cccc2c5c43)c(-c2ccccc2)c(-c2ccccc2)c(-c2ccccc2)c1-n1c2cccc3c4cncnc4c4cccc1c4c32. The average molecular weight is 812 g/mol. The fraction of sp³-hybridized carbons (Fsp3) is 0. The van der Waals surface area contributed by atoms with Gasteiger partial charge in [-0.05, 0) is 67.9 Å². The van der Waals surface area contributed by atoms with Crippen LogP contribution in [0.4, 0.5) is 0 Å². The maximum absolute atomic E-state index is 12.3. The lowest BCUT2D eigenvalue weighted by molar-refractivity contribution is 1.12. The minimum Gasteiger partial charge on any atom is -0.307 e. The van der Waals surface area contributed by atoms with Crippen molar-refractivity contribution in [3.8, 4) is 50.8 Å². The smallest absolute Gasteiger partial charge is 0.116 e. The van der Waals surface area contributed by atoms with Crippen LogP contribution in [0, 0.1) is 11.3 Å². The van der Waals surface area contributed by atoms with Gasteiger partial charge in [0.05, 0.1) is 39.0 Å². The van der Waals surface area contributed by atoms with Crippen LogP contribution in [0.3, 0.4) is 0 Å². The number of hydrogen-bond acceptors (Lipinski definition) is 3. The molecule has 0 radical (unpaired) electrons. The van der Waals surface area contributed by atoms with Crippen molar-refractivity contribution in [2.24, 2.45) is 0 Å². The van der Waals surface area contributed by atoms with E-state index in [1.165, 1.54) is 32.3 Å². The largest absolute Gasteiger partial charge is 0.307 e. The molecular weight excluding hydrogens is 779 g/mol. The van der Waals surface area contributed by atoms with Crippen molar-refractivity contribution >= 4 is 86.8 Å². The van der Waals surface area contributed by atoms with Crippen molar-refractivity contribution in [2.75, 3.05) is 0 Å². The Balaban J connectivity index is 1.30. The van der Waals surface area contributed by atoms with Gasteiger partial charge < -0.3 is 9.13 Å². The maximum Gasteiger partial charge on any atom is 0.116 e. The van der Waals surface area contributed by atoms with Crippen LogP contribution in [0.1, 0.15) is 5.56 Å². The van der Waals surface area contributed by atoms with E-state index in [-0.39, 0.29) is 0 Å². The molecule has 0 bridgehead atoms. The first kappa shape index (κ1) is 34.8. The minimum absolute atomic E-state index is 0.579. The molecule has 5 heteroatoms. The molecule has 14 aromatic rings. The molecule has 0 saturated carbocycles. The second-order valence-corrected chi connectivity index (χ2v) is 16.7. The third-order valence-corrected chi connectivity index (χ3v) is 13.6. The summed E-state index contributed by atoms with van der Waals surface area (Å²) in [6.07, 6.45) is 3.57. The number of nitriles is 1. The Hall–Kier alpha value is -8.85. The highest BCUT2D eigenvalue weighted by molar-refractivity contribution is 6.36. The fourth-order valence-corrected chi connectivity index (χ4v) is 11.2. The lowest BCUT2D eigenvalue weighted by atomic mass is 9.82. The topological polar surface area (TPSA) is 59.4 Å². The monoisotopic (exact) mass is 811 g/mol. The van der Waals surface area contributed by atoms with E-state index in [4.69, 9.17) is 4.98 Å². The van der Waals surface area contributed by atoms with E-state index in [9.17, 15) is 5.26 Å². The molecule has 0 spiro atoms. The summed E-state index contributed by atoms with van der Waals surface area (Å²) in [5.74, 6) is 0. The lowest BCUT2D eigenvalue weighted by Crippen LogP contribution is -2.10. The van der Waals surface area contributed by atoms with Crippen molar-refractivity contribution in [1.82, 2.24) is 19.1 Å². The van der Waals surface area contributed by atoms with E-state index in [1.54, 1.807) is 6.33 Å². The Kier molecular flexibility index (Phi) is 7.12. The van der Waals surface area contributed by atoms with Crippen LogP contribution in [0.15, 0.2) is 201 Å². The first-order chi connectivity index (χ1) is 31.8. The summed E-state index contributed by atoms with van der Waals surface area (Å²) in [6.45, 7) is 0. The van der Waals surface area contributed by atoms with Crippen LogP contribution in [-0.4, -0.2) is 19.1 Å². The third kappa shape index (κ3) is 4.50. The van der Waals surface area contributed by atoms with Gasteiger partial charge in [0.15, 0.2) is 0 Å². The Labute approximate surface area is 366 Å². The first-order valence-electron chi connectivity index (χ1n) is 21.6. The van der Waals surface area contributed by atoms with Crippen molar-refractivity contribution in [3.63, 3.8) is 0 Å². The standard InChI is InChI=1S/C59H33N5/c60-32-44-58(63-46-28-12-24-40-38-22-10-11-23-39(38)41-25-13-29-47(63)54(41)53(40)46)51(36-18-6-2-7-19-36)50(35-16-4-1-5-17-35)52(37-20-8-3-9-21-37)59(44)64-48-30-14-26-42-45-33-61-34-62-57(45)43-27-15-31-49(64)56(43)55(42)48/h1-31,33-34H. The summed E-state index contributed by atoms with van der Waals surface area (Å²) >= 11 is 0. The average Bonchev–Trinajstić information content (AvgIpc) is 3.89. The third-order valence-electron chi connectivity index (χ3n) is 13.6. The second kappa shape index (κ2) is 13.1. The van der Waals surface area contributed by atoms with Gasteiger partial charge in [0.25, 0.3) is 0 Å². The maximum atomic E-state index is 12.3. The quantitative estimate of drug-likeness (QED) is 0.163. The van der Waals surface area contributed by atoms with Crippen LogP contribution >= 0.6 is 0 Å². The number of benzene rings is 11. The molecule has 14 rings (SSSR count). The van der Waals surface area contributed by atoms with E-state index in [2.05, 4.69) is 208 Å². The molecule has 3 aromatic heterocycles. The molecule has 0 N–H and O–H groups in total. The molecule has 0 aliphatic carbocycles. The zero-order chi connectivity index (χ0) is 42.0. The van der Waals surface area contributed by atoms with Crippen molar-refractivity contribution < 1.29 is 0 Å². The molecule has 0 aliphatic heterocycles. The molecule has 5 nitrogen and oxygen atoms in total. The van der Waals surface area contributed by atoms with Crippen LogP contribution < -0.4 is 0 Å². The Morgan fingerprint density at radius 2 is 0.734 bits per heavy atom. The Morgan fingerprint density at radius 1 is 0.359 bits per heavy atom. The van der Waals surface area contributed by atoms with Crippen molar-refractivity contribution in [3.05, 3.63) is 206 Å². The molecule has 0 saturated heterocycles. The molecule has 0 unspecified atom stereocenters. The molecular formula is C59H33N5. The van der Waals surface area contributed by atoms with E-state index in [0.29, 0.717) is 5.56 Å². The van der Waals surface area contributed by atoms with E-state index in [0.717, 1.165) is 99.3 Å². The predicted octanol–water partition coefficient (Wildman–Crippen LogP) is 15.0. The predicted molar refractivity (Wildman–Crippen MR) is 264 cm³/mol. The van der Waals surface area contributed by atoms with Gasteiger partial charge in [-0.15, -0.1) is 0 Å². The number of hydrogen-bond donors (Lipinski definition) is 0. The van der Waals surface area contributed by atoms with Crippen LogP contribution in [-0.2, 0) is 0 Å². The van der Waals surface area contributed by atoms with Gasteiger partial charge in [0.2, 0.25) is 0 Å². The van der Waals surface area contributed by atoms with E-state index >= 15 is 0 Å². The van der Waals surface area contributed by atoms with Crippen molar-refractivity contribution in [1.29, 1.82) is 5.26 Å². The number of aromatic nitrogens is 4. The summed E-state index contributed by atoms with van der Waals surface area (Å²) in [5.41, 5.74) is 13.4. The molecule has 0 aliphatic rings. The van der Waals surface area contributed by atoms with Gasteiger partial charge >= 0.3 is 0 Å². The van der Waals surface area contributed by atoms with E-state index < -0.39 is 0 Å². The van der Waals surface area contributed by atoms with E-state index in [1.807, 2.05) is 6.20 Å². The molecule has 64 heavy (non-hydrogen) atoms. The summed E-state index contributed by atoms with van der Waals surface area (Å²) in [7, 11) is 0. The molecule has 294 valence electrons. The Morgan fingerprint density at radius 3 is 1.19 bits per heavy atom. The highest BCUT2D eigenvalue weighted by atomic mass is 15.0. The van der Waals surface area contributed by atoms with Gasteiger partial charge in [-0.25, -0.2) is 9.97 Å². The molecule has 0 atom stereocenters. The number of rotatable bonds is 5. The van der Waals surface area contributed by atoms with Crippen LogP contribution in [0.25, 0.3) is 132 Å². The van der Waals surface area contributed by atoms with Crippen LogP contribution in [0.5, 0.6) is 0 Å². The van der Waals surface area contributed by atoms with Crippen molar-refractivity contribution in [2.45, 2.75) is 0 Å². The van der Waals surface area contributed by atoms with Crippen LogP contribution in [0.2, 0.25) is 0 Å². The lowest BCUT2D eigenvalue weighted by Gasteiger charge is -2.27. The Bertz CT molecular complexity index is 3810. The summed E-state index contributed by atoms with van der Waals surface area (Å²) in [5, 5.41) is 24.9. The van der Waals surface area contributed by atoms with Gasteiger partial charge in [-0.1, -0.05) is 164 Å². The fourth-order valence-electron chi connectivity index (χ4n) is 11.2. The molecule has 3 heterocycles. The minimum atomic E-state index is 0.579. The summed E-state index contributed by atoms with van der Waals surface area (Å²) < 4.78 is 4.78. The highest BCUT2D eigenvalue weighted by Crippen LogP contribution is 2.54. The highest BCUT2D eigenvalue weighted by Gasteiger charge is 2.33.